The van der Waals surface area contributed by atoms with Crippen LogP contribution in [-0.4, -0.2) is 69.7 Å². The van der Waals surface area contributed by atoms with Crippen molar-refractivity contribution in [3.05, 3.63) is 51.9 Å². The van der Waals surface area contributed by atoms with Gasteiger partial charge in [-0.2, -0.15) is 0 Å². The number of hydrogen-bond donors (Lipinski definition) is 2. The molecule has 3 aromatic rings. The number of nitrogens with zero attached hydrogens (tertiary/aromatic N) is 5. The predicted octanol–water partition coefficient (Wildman–Crippen LogP) is 1.98. The molecule has 4 rings (SSSR count). The average Bonchev–Trinajstić information content (AvgIpc) is 3.40. The highest BCUT2D eigenvalue weighted by Gasteiger charge is 2.21. The molecule has 32 heavy (non-hydrogen) atoms. The van der Waals surface area contributed by atoms with Crippen molar-refractivity contribution in [1.82, 2.24) is 25.2 Å². The van der Waals surface area contributed by atoms with Crippen molar-refractivity contribution in [2.24, 2.45) is 0 Å². The van der Waals surface area contributed by atoms with E-state index in [9.17, 15) is 14.0 Å². The standard InChI is InChI=1S/C20H22FN7O3S/c1-13-10-16(26-31-13)23-17(29)11-27-6-8-28(9-7-27)12-18-24-25-20(32-18)19(30)22-15-4-2-14(21)3-5-15/h2-5,10H,6-9,11-12H2,1H3,(H,22,30)(H,23,26,29). The lowest BCUT2D eigenvalue weighted by Crippen LogP contribution is -2.48. The van der Waals surface area contributed by atoms with Crippen molar-refractivity contribution in [3.8, 4) is 0 Å². The van der Waals surface area contributed by atoms with Gasteiger partial charge in [-0.1, -0.05) is 16.5 Å². The van der Waals surface area contributed by atoms with E-state index in [2.05, 4.69) is 35.8 Å². The maximum absolute atomic E-state index is 13.0. The monoisotopic (exact) mass is 459 g/mol. The first kappa shape index (κ1) is 22.0. The maximum Gasteiger partial charge on any atom is 0.286 e. The number of hydrogen-bond acceptors (Lipinski definition) is 9. The highest BCUT2D eigenvalue weighted by Crippen LogP contribution is 2.16. The van der Waals surface area contributed by atoms with Crippen LogP contribution in [0, 0.1) is 12.7 Å². The van der Waals surface area contributed by atoms with Gasteiger partial charge < -0.3 is 15.2 Å². The Kier molecular flexibility index (Phi) is 6.83. The summed E-state index contributed by atoms with van der Waals surface area (Å²) in [6.45, 7) is 5.65. The Morgan fingerprint density at radius 1 is 1.09 bits per heavy atom. The van der Waals surface area contributed by atoms with Crippen LogP contribution in [0.1, 0.15) is 20.6 Å². The summed E-state index contributed by atoms with van der Waals surface area (Å²) in [5.41, 5.74) is 0.493. The van der Waals surface area contributed by atoms with E-state index in [1.165, 1.54) is 35.6 Å². The van der Waals surface area contributed by atoms with Crippen LogP contribution in [0.15, 0.2) is 34.9 Å². The van der Waals surface area contributed by atoms with Crippen LogP contribution in [0.2, 0.25) is 0 Å². The molecule has 1 fully saturated rings. The largest absolute Gasteiger partial charge is 0.360 e. The van der Waals surface area contributed by atoms with E-state index in [1.54, 1.807) is 13.0 Å². The van der Waals surface area contributed by atoms with Crippen LogP contribution in [0.4, 0.5) is 15.9 Å². The van der Waals surface area contributed by atoms with Crippen LogP contribution in [-0.2, 0) is 11.3 Å². The molecule has 0 spiro atoms. The second-order valence-corrected chi connectivity index (χ2v) is 8.45. The molecule has 1 saturated heterocycles. The number of benzene rings is 1. The maximum atomic E-state index is 13.0. The van der Waals surface area contributed by atoms with E-state index < -0.39 is 0 Å². The molecule has 0 atom stereocenters. The highest BCUT2D eigenvalue weighted by atomic mass is 32.1. The molecule has 168 valence electrons. The van der Waals surface area contributed by atoms with Gasteiger partial charge >= 0.3 is 0 Å². The Balaban J connectivity index is 1.21. The smallest absolute Gasteiger partial charge is 0.286 e. The zero-order valence-electron chi connectivity index (χ0n) is 17.4. The number of aromatic nitrogens is 3. The molecule has 2 aromatic heterocycles. The molecule has 1 aliphatic heterocycles. The van der Waals surface area contributed by atoms with Crippen molar-refractivity contribution in [3.63, 3.8) is 0 Å². The third-order valence-corrected chi connectivity index (χ3v) is 5.76. The molecule has 10 nitrogen and oxygen atoms in total. The molecule has 0 aliphatic carbocycles. The number of rotatable bonds is 7. The first-order valence-electron chi connectivity index (χ1n) is 10.0. The molecule has 1 aromatic carbocycles. The van der Waals surface area contributed by atoms with Crippen LogP contribution in [0.25, 0.3) is 0 Å². The molecule has 2 N–H and O–H groups in total. The summed E-state index contributed by atoms with van der Waals surface area (Å²) >= 11 is 1.23. The zero-order valence-corrected chi connectivity index (χ0v) is 18.2. The van der Waals surface area contributed by atoms with Crippen molar-refractivity contribution in [2.75, 3.05) is 43.4 Å². The predicted molar refractivity (Wildman–Crippen MR) is 116 cm³/mol. The number of amides is 2. The van der Waals surface area contributed by atoms with Crippen LogP contribution >= 0.6 is 11.3 Å². The van der Waals surface area contributed by atoms with Gasteiger partial charge in [-0.15, -0.1) is 10.2 Å². The number of aryl methyl sites for hydroxylation is 1. The van der Waals surface area contributed by atoms with Crippen molar-refractivity contribution >= 4 is 34.7 Å². The average molecular weight is 460 g/mol. The zero-order chi connectivity index (χ0) is 22.5. The van der Waals surface area contributed by atoms with Crippen molar-refractivity contribution in [1.29, 1.82) is 0 Å². The second kappa shape index (κ2) is 9.94. The topological polar surface area (TPSA) is 116 Å². The Bertz CT molecular complexity index is 1080. The van der Waals surface area contributed by atoms with Gasteiger partial charge in [-0.25, -0.2) is 4.39 Å². The highest BCUT2D eigenvalue weighted by molar-refractivity contribution is 7.13. The Morgan fingerprint density at radius 2 is 1.81 bits per heavy atom. The van der Waals surface area contributed by atoms with Crippen LogP contribution < -0.4 is 10.6 Å². The molecule has 0 bridgehead atoms. The minimum Gasteiger partial charge on any atom is -0.360 e. The van der Waals surface area contributed by atoms with E-state index >= 15 is 0 Å². The third-order valence-electron chi connectivity index (χ3n) is 4.85. The number of anilines is 2. The van der Waals surface area contributed by atoms with Gasteiger partial charge in [0.1, 0.15) is 16.6 Å². The lowest BCUT2D eigenvalue weighted by atomic mass is 10.3. The Labute approximate surface area is 187 Å². The summed E-state index contributed by atoms with van der Waals surface area (Å²) in [6.07, 6.45) is 0. The molecule has 0 radical (unpaired) electrons. The molecule has 12 heteroatoms. The van der Waals surface area contributed by atoms with E-state index in [-0.39, 0.29) is 29.2 Å². The number of carbonyl (C=O) groups is 2. The second-order valence-electron chi connectivity index (χ2n) is 7.39. The number of nitrogens with one attached hydrogen (secondary N) is 2. The lowest BCUT2D eigenvalue weighted by molar-refractivity contribution is -0.117. The Morgan fingerprint density at radius 3 is 2.50 bits per heavy atom. The van der Waals surface area contributed by atoms with Crippen LogP contribution in [0.3, 0.4) is 0 Å². The SMILES string of the molecule is Cc1cc(NC(=O)CN2CCN(Cc3nnc(C(=O)Nc4ccc(F)cc4)s3)CC2)no1. The normalized spacial score (nSPS) is 14.9. The van der Waals surface area contributed by atoms with E-state index in [0.29, 0.717) is 23.8 Å². The van der Waals surface area contributed by atoms with Gasteiger partial charge in [0.15, 0.2) is 5.82 Å². The third kappa shape index (κ3) is 5.93. The fourth-order valence-electron chi connectivity index (χ4n) is 3.23. The summed E-state index contributed by atoms with van der Waals surface area (Å²) in [7, 11) is 0. The first-order valence-corrected chi connectivity index (χ1v) is 10.8. The van der Waals surface area contributed by atoms with E-state index in [4.69, 9.17) is 4.52 Å². The minimum atomic E-state index is -0.376. The molecule has 1 aliphatic rings. The first-order chi connectivity index (χ1) is 15.4. The minimum absolute atomic E-state index is 0.132. The van der Waals surface area contributed by atoms with Crippen LogP contribution in [0.5, 0.6) is 0 Å². The summed E-state index contributed by atoms with van der Waals surface area (Å²) in [5.74, 6) is 0.182. The molecular formula is C20H22FN7O3S. The van der Waals surface area contributed by atoms with E-state index in [1.807, 2.05) is 0 Å². The lowest BCUT2D eigenvalue weighted by Gasteiger charge is -2.33. The summed E-state index contributed by atoms with van der Waals surface area (Å²) < 4.78 is 17.9. The summed E-state index contributed by atoms with van der Waals surface area (Å²) in [4.78, 5) is 28.7. The van der Waals surface area contributed by atoms with E-state index in [0.717, 1.165) is 31.2 Å². The fourth-order valence-corrected chi connectivity index (χ4v) is 4.01. The Hall–Kier alpha value is -3.22. The molecular weight excluding hydrogens is 437 g/mol. The quantitative estimate of drug-likeness (QED) is 0.551. The molecule has 2 amide bonds. The molecule has 3 heterocycles. The fraction of sp³-hybridized carbons (Fsp3) is 0.350. The van der Waals surface area contributed by atoms with Crippen molar-refractivity contribution < 1.29 is 18.5 Å². The molecule has 0 unspecified atom stereocenters. The number of piperazine rings is 1. The molecule has 0 saturated carbocycles. The summed E-state index contributed by atoms with van der Waals surface area (Å²) in [6, 6.07) is 7.20. The van der Waals surface area contributed by atoms with Gasteiger partial charge in [0, 0.05) is 37.9 Å². The van der Waals surface area contributed by atoms with Gasteiger partial charge in [0.2, 0.25) is 10.9 Å². The number of halogens is 1. The van der Waals surface area contributed by atoms with Gasteiger partial charge in [-0.05, 0) is 31.2 Å². The van der Waals surface area contributed by atoms with Gasteiger partial charge in [0.25, 0.3) is 5.91 Å². The summed E-state index contributed by atoms with van der Waals surface area (Å²) in [5, 5.41) is 18.2. The van der Waals surface area contributed by atoms with Crippen molar-refractivity contribution in [2.45, 2.75) is 13.5 Å². The number of carbonyl (C=O) groups excluding carboxylic acids is 2. The van der Waals surface area contributed by atoms with Gasteiger partial charge in [-0.3, -0.25) is 19.4 Å². The van der Waals surface area contributed by atoms with Gasteiger partial charge in [0.05, 0.1) is 13.1 Å².